The molecular weight excluding hydrogens is 308 g/mol. The molecule has 0 aromatic carbocycles. The van der Waals surface area contributed by atoms with Gasteiger partial charge < -0.3 is 10.6 Å². The summed E-state index contributed by atoms with van der Waals surface area (Å²) in [6, 6.07) is 3.56. The summed E-state index contributed by atoms with van der Waals surface area (Å²) in [4.78, 5) is 24.0. The van der Waals surface area contributed by atoms with Gasteiger partial charge in [-0.3, -0.25) is 9.59 Å². The van der Waals surface area contributed by atoms with Crippen molar-refractivity contribution in [1.29, 1.82) is 0 Å². The number of nitrogens with zero attached hydrogens (tertiary/aromatic N) is 2. The van der Waals surface area contributed by atoms with Crippen LogP contribution >= 0.6 is 22.7 Å². The van der Waals surface area contributed by atoms with Crippen molar-refractivity contribution < 1.29 is 9.59 Å². The van der Waals surface area contributed by atoms with Crippen molar-refractivity contribution in [2.24, 2.45) is 0 Å². The van der Waals surface area contributed by atoms with Gasteiger partial charge in [0.15, 0.2) is 0 Å². The van der Waals surface area contributed by atoms with Crippen LogP contribution in [0.3, 0.4) is 0 Å². The van der Waals surface area contributed by atoms with Gasteiger partial charge in [0, 0.05) is 18.9 Å². The summed E-state index contributed by atoms with van der Waals surface area (Å²) < 4.78 is 0. The molecule has 112 valence electrons. The summed E-state index contributed by atoms with van der Waals surface area (Å²) in [7, 11) is 0. The Balaban J connectivity index is 1.73. The molecule has 0 aliphatic carbocycles. The summed E-state index contributed by atoms with van der Waals surface area (Å²) in [6.07, 6.45) is 0.202. The average Bonchev–Trinajstić information content (AvgIpc) is 3.09. The van der Waals surface area contributed by atoms with Gasteiger partial charge in [-0.15, -0.1) is 21.5 Å². The van der Waals surface area contributed by atoms with E-state index in [0.717, 1.165) is 5.01 Å². The predicted molar refractivity (Wildman–Crippen MR) is 83.9 cm³/mol. The molecular formula is C13H16N4O2S2. The number of hydrogen-bond acceptors (Lipinski definition) is 6. The van der Waals surface area contributed by atoms with Gasteiger partial charge in [-0.05, 0) is 11.4 Å². The second-order valence-electron chi connectivity index (χ2n) is 4.63. The quantitative estimate of drug-likeness (QED) is 0.855. The van der Waals surface area contributed by atoms with Crippen LogP contribution in [0.25, 0.3) is 0 Å². The van der Waals surface area contributed by atoms with Crippen molar-refractivity contribution in [3.05, 3.63) is 27.4 Å². The van der Waals surface area contributed by atoms with Gasteiger partial charge in [0.25, 0.3) is 5.91 Å². The van der Waals surface area contributed by atoms with Crippen LogP contribution < -0.4 is 10.6 Å². The molecule has 0 radical (unpaired) electrons. The summed E-state index contributed by atoms with van der Waals surface area (Å²) in [5.41, 5.74) is 0. The maximum atomic E-state index is 11.7. The van der Waals surface area contributed by atoms with Gasteiger partial charge in [0.2, 0.25) is 11.0 Å². The molecule has 2 rings (SSSR count). The number of anilines is 1. The van der Waals surface area contributed by atoms with E-state index in [2.05, 4.69) is 20.8 Å². The summed E-state index contributed by atoms with van der Waals surface area (Å²) in [6.45, 7) is 4.33. The molecule has 0 aliphatic rings. The third-order valence-electron chi connectivity index (χ3n) is 2.56. The first-order valence-corrected chi connectivity index (χ1v) is 8.21. The van der Waals surface area contributed by atoms with Crippen LogP contribution in [0, 0.1) is 0 Å². The number of thiophene rings is 1. The Bertz CT molecular complexity index is 607. The predicted octanol–water partition coefficient (Wildman–Crippen LogP) is 2.48. The third kappa shape index (κ3) is 4.61. The Kier molecular flexibility index (Phi) is 5.40. The van der Waals surface area contributed by atoms with Gasteiger partial charge in [-0.1, -0.05) is 31.3 Å². The standard InChI is InChI=1S/C13H16N4O2S2/c1-8(2)12-16-17-13(21-12)15-10(18)5-6-14-11(19)9-4-3-7-20-9/h3-4,7-8H,5-6H2,1-2H3,(H,14,19)(H,15,17,18). The molecule has 2 amide bonds. The Morgan fingerprint density at radius 1 is 1.33 bits per heavy atom. The number of carbonyl (C=O) groups is 2. The minimum absolute atomic E-state index is 0.157. The van der Waals surface area contributed by atoms with E-state index >= 15 is 0 Å². The second-order valence-corrected chi connectivity index (χ2v) is 6.59. The minimum Gasteiger partial charge on any atom is -0.351 e. The van der Waals surface area contributed by atoms with Crippen molar-refractivity contribution in [2.75, 3.05) is 11.9 Å². The Morgan fingerprint density at radius 3 is 2.76 bits per heavy atom. The fraction of sp³-hybridized carbons (Fsp3) is 0.385. The number of amides is 2. The van der Waals surface area contributed by atoms with Crippen LogP contribution in [0.4, 0.5) is 5.13 Å². The van der Waals surface area contributed by atoms with Gasteiger partial charge in [-0.25, -0.2) is 0 Å². The zero-order valence-corrected chi connectivity index (χ0v) is 13.4. The molecule has 0 saturated carbocycles. The van der Waals surface area contributed by atoms with E-state index in [1.54, 1.807) is 6.07 Å². The molecule has 2 aromatic heterocycles. The number of rotatable bonds is 6. The molecule has 2 N–H and O–H groups in total. The molecule has 0 bridgehead atoms. The maximum Gasteiger partial charge on any atom is 0.261 e. The summed E-state index contributed by atoms with van der Waals surface area (Å²) >= 11 is 2.74. The lowest BCUT2D eigenvalue weighted by molar-refractivity contribution is -0.116. The van der Waals surface area contributed by atoms with Crippen molar-refractivity contribution in [2.45, 2.75) is 26.2 Å². The van der Waals surface area contributed by atoms with E-state index < -0.39 is 0 Å². The zero-order valence-electron chi connectivity index (χ0n) is 11.8. The van der Waals surface area contributed by atoms with Crippen LogP contribution in [0.15, 0.2) is 17.5 Å². The van der Waals surface area contributed by atoms with Crippen molar-refractivity contribution >= 4 is 39.6 Å². The van der Waals surface area contributed by atoms with Crippen molar-refractivity contribution in [3.8, 4) is 0 Å². The molecule has 0 unspecified atom stereocenters. The van der Waals surface area contributed by atoms with Crippen molar-refractivity contribution in [1.82, 2.24) is 15.5 Å². The van der Waals surface area contributed by atoms with E-state index in [9.17, 15) is 9.59 Å². The molecule has 0 aliphatic heterocycles. The molecule has 2 aromatic rings. The monoisotopic (exact) mass is 324 g/mol. The minimum atomic E-state index is -0.187. The Hall–Kier alpha value is -1.80. The number of carbonyl (C=O) groups excluding carboxylic acids is 2. The van der Waals surface area contributed by atoms with Crippen LogP contribution in [0.2, 0.25) is 0 Å². The fourth-order valence-electron chi connectivity index (χ4n) is 1.48. The third-order valence-corrected chi connectivity index (χ3v) is 4.57. The Morgan fingerprint density at radius 2 is 2.14 bits per heavy atom. The maximum absolute atomic E-state index is 11.7. The molecule has 0 spiro atoms. The molecule has 0 saturated heterocycles. The van der Waals surface area contributed by atoms with E-state index in [4.69, 9.17) is 0 Å². The summed E-state index contributed by atoms with van der Waals surface area (Å²) in [5, 5.41) is 16.5. The molecule has 21 heavy (non-hydrogen) atoms. The highest BCUT2D eigenvalue weighted by atomic mass is 32.1. The normalized spacial score (nSPS) is 10.6. The first-order chi connectivity index (χ1) is 10.1. The fourth-order valence-corrected chi connectivity index (χ4v) is 2.89. The molecule has 0 fully saturated rings. The number of nitrogens with one attached hydrogen (secondary N) is 2. The lowest BCUT2D eigenvalue weighted by atomic mass is 10.2. The van der Waals surface area contributed by atoms with Crippen LogP contribution in [0.5, 0.6) is 0 Å². The lowest BCUT2D eigenvalue weighted by Gasteiger charge is -2.03. The van der Waals surface area contributed by atoms with Gasteiger partial charge >= 0.3 is 0 Å². The largest absolute Gasteiger partial charge is 0.351 e. The second kappa shape index (κ2) is 7.28. The topological polar surface area (TPSA) is 84.0 Å². The van der Waals surface area contributed by atoms with Crippen LogP contribution in [-0.4, -0.2) is 28.6 Å². The van der Waals surface area contributed by atoms with Crippen molar-refractivity contribution in [3.63, 3.8) is 0 Å². The first-order valence-electron chi connectivity index (χ1n) is 6.51. The zero-order chi connectivity index (χ0) is 15.2. The highest BCUT2D eigenvalue weighted by Gasteiger charge is 2.11. The smallest absolute Gasteiger partial charge is 0.261 e. The first kappa shape index (κ1) is 15.6. The van der Waals surface area contributed by atoms with E-state index in [1.165, 1.54) is 22.7 Å². The highest BCUT2D eigenvalue weighted by molar-refractivity contribution is 7.15. The number of aromatic nitrogens is 2. The SMILES string of the molecule is CC(C)c1nnc(NC(=O)CCNC(=O)c2cccs2)s1. The molecule has 6 nitrogen and oxygen atoms in total. The van der Waals surface area contributed by atoms with Gasteiger partial charge in [-0.2, -0.15) is 0 Å². The average molecular weight is 324 g/mol. The Labute approximate surface area is 130 Å². The highest BCUT2D eigenvalue weighted by Crippen LogP contribution is 2.22. The lowest BCUT2D eigenvalue weighted by Crippen LogP contribution is -2.27. The van der Waals surface area contributed by atoms with E-state index in [-0.39, 0.29) is 18.2 Å². The van der Waals surface area contributed by atoms with Gasteiger partial charge in [0.05, 0.1) is 4.88 Å². The molecule has 2 heterocycles. The number of hydrogen-bond donors (Lipinski definition) is 2. The van der Waals surface area contributed by atoms with E-state index in [0.29, 0.717) is 22.5 Å². The molecule has 8 heteroatoms. The molecule has 0 atom stereocenters. The van der Waals surface area contributed by atoms with Crippen LogP contribution in [-0.2, 0) is 4.79 Å². The summed E-state index contributed by atoms with van der Waals surface area (Å²) in [5.74, 6) is -0.0537. The van der Waals surface area contributed by atoms with Crippen LogP contribution in [0.1, 0.15) is 40.9 Å². The van der Waals surface area contributed by atoms with E-state index in [1.807, 2.05) is 25.3 Å². The van der Waals surface area contributed by atoms with Gasteiger partial charge in [0.1, 0.15) is 5.01 Å².